The van der Waals surface area contributed by atoms with Gasteiger partial charge in [0.05, 0.1) is 5.69 Å². The summed E-state index contributed by atoms with van der Waals surface area (Å²) in [6.07, 6.45) is 0.780. The van der Waals surface area contributed by atoms with Crippen molar-refractivity contribution in [1.82, 2.24) is 0 Å². The van der Waals surface area contributed by atoms with Gasteiger partial charge in [0.2, 0.25) is 0 Å². The van der Waals surface area contributed by atoms with E-state index in [9.17, 15) is 14.3 Å². The largest absolute Gasteiger partial charge is 0.378 e. The molecule has 1 atom stereocenters. The van der Waals surface area contributed by atoms with Gasteiger partial charge in [-0.05, 0) is 38.8 Å². The number of aliphatic hydroxyl groups excluding tert-OH is 1. The van der Waals surface area contributed by atoms with Crippen LogP contribution in [0, 0.1) is 5.82 Å². The van der Waals surface area contributed by atoms with Crippen molar-refractivity contribution in [2.24, 2.45) is 0 Å². The van der Waals surface area contributed by atoms with Gasteiger partial charge in [0.15, 0.2) is 6.10 Å². The molecule has 0 radical (unpaired) electrons. The molecule has 0 aromatic heterocycles. The van der Waals surface area contributed by atoms with Crippen LogP contribution < -0.4 is 10.2 Å². The lowest BCUT2D eigenvalue weighted by molar-refractivity contribution is -0.123. The fraction of sp³-hybridized carbons (Fsp3) is 0.500. The van der Waals surface area contributed by atoms with Crippen molar-refractivity contribution in [3.05, 3.63) is 23.5 Å². The van der Waals surface area contributed by atoms with Crippen LogP contribution in [0.2, 0.25) is 0 Å². The minimum absolute atomic E-state index is 0.0870. The summed E-state index contributed by atoms with van der Waals surface area (Å²) in [5, 5.41) is 12.2. The SMILES string of the molecule is CC1(C)CCCN1c1cc2c(cc1F)C(O)C(=O)N2. The zero-order chi connectivity index (χ0) is 13.8. The molecule has 0 aliphatic carbocycles. The molecular formula is C14H17FN2O2. The molecule has 0 bridgehead atoms. The molecule has 4 nitrogen and oxygen atoms in total. The maximum absolute atomic E-state index is 14.2. The molecule has 1 unspecified atom stereocenters. The molecule has 2 heterocycles. The van der Waals surface area contributed by atoms with Crippen LogP contribution in [-0.2, 0) is 4.79 Å². The molecule has 0 saturated carbocycles. The third-order valence-corrected chi connectivity index (χ3v) is 4.11. The zero-order valence-corrected chi connectivity index (χ0v) is 11.0. The van der Waals surface area contributed by atoms with E-state index in [0.717, 1.165) is 19.4 Å². The summed E-state index contributed by atoms with van der Waals surface area (Å²) in [6.45, 7) is 4.97. The van der Waals surface area contributed by atoms with Gasteiger partial charge in [0.25, 0.3) is 5.91 Å². The maximum Gasteiger partial charge on any atom is 0.257 e. The maximum atomic E-state index is 14.2. The van der Waals surface area contributed by atoms with Crippen LogP contribution in [0.1, 0.15) is 38.4 Å². The van der Waals surface area contributed by atoms with Crippen LogP contribution in [0.5, 0.6) is 0 Å². The van der Waals surface area contributed by atoms with Crippen molar-refractivity contribution in [2.45, 2.75) is 38.3 Å². The first-order chi connectivity index (χ1) is 8.90. The van der Waals surface area contributed by atoms with Gasteiger partial charge in [0.1, 0.15) is 5.82 Å². The van der Waals surface area contributed by atoms with Gasteiger partial charge in [-0.3, -0.25) is 4.79 Å². The first-order valence-corrected chi connectivity index (χ1v) is 6.50. The van der Waals surface area contributed by atoms with E-state index in [-0.39, 0.29) is 11.4 Å². The van der Waals surface area contributed by atoms with Gasteiger partial charge < -0.3 is 15.3 Å². The monoisotopic (exact) mass is 264 g/mol. The number of nitrogens with zero attached hydrogens (tertiary/aromatic N) is 1. The van der Waals surface area contributed by atoms with E-state index in [1.54, 1.807) is 6.07 Å². The number of carbonyl (C=O) groups excluding carboxylic acids is 1. The number of benzene rings is 1. The minimum atomic E-state index is -1.26. The van der Waals surface area contributed by atoms with E-state index in [1.165, 1.54) is 6.07 Å². The molecule has 1 amide bonds. The summed E-state index contributed by atoms with van der Waals surface area (Å²) < 4.78 is 14.2. The van der Waals surface area contributed by atoms with Crippen LogP contribution in [0.15, 0.2) is 12.1 Å². The predicted octanol–water partition coefficient (Wildman–Crippen LogP) is 2.19. The number of halogens is 1. The molecular weight excluding hydrogens is 247 g/mol. The molecule has 3 rings (SSSR count). The molecule has 1 aromatic carbocycles. The summed E-state index contributed by atoms with van der Waals surface area (Å²) in [7, 11) is 0. The van der Waals surface area contributed by atoms with E-state index < -0.39 is 12.0 Å². The van der Waals surface area contributed by atoms with E-state index in [1.807, 2.05) is 4.90 Å². The third kappa shape index (κ3) is 1.80. The Balaban J connectivity index is 2.06. The Morgan fingerprint density at radius 2 is 2.21 bits per heavy atom. The lowest BCUT2D eigenvalue weighted by atomic mass is 10.0. The Morgan fingerprint density at radius 3 is 2.84 bits per heavy atom. The van der Waals surface area contributed by atoms with E-state index in [2.05, 4.69) is 19.2 Å². The molecule has 19 heavy (non-hydrogen) atoms. The van der Waals surface area contributed by atoms with E-state index >= 15 is 0 Å². The van der Waals surface area contributed by atoms with Gasteiger partial charge in [-0.15, -0.1) is 0 Å². The highest BCUT2D eigenvalue weighted by Crippen LogP contribution is 2.40. The Kier molecular flexibility index (Phi) is 2.57. The van der Waals surface area contributed by atoms with Gasteiger partial charge in [-0.2, -0.15) is 0 Å². The summed E-state index contributed by atoms with van der Waals surface area (Å²) >= 11 is 0. The second-order valence-electron chi connectivity index (χ2n) is 5.85. The second kappa shape index (κ2) is 3.93. The summed E-state index contributed by atoms with van der Waals surface area (Å²) in [4.78, 5) is 13.4. The average molecular weight is 264 g/mol. The number of hydrogen-bond acceptors (Lipinski definition) is 3. The van der Waals surface area contributed by atoms with Crippen molar-refractivity contribution in [3.8, 4) is 0 Å². The Labute approximate surface area is 111 Å². The standard InChI is InChI=1S/C14H17FN2O2/c1-14(2)4-3-5-17(14)11-7-10-8(6-9(11)15)12(18)13(19)16-10/h6-7,12,18H,3-5H2,1-2H3,(H,16,19). The molecule has 1 saturated heterocycles. The number of nitrogens with one attached hydrogen (secondary N) is 1. The van der Waals surface area contributed by atoms with Crippen molar-refractivity contribution in [2.75, 3.05) is 16.8 Å². The molecule has 2 N–H and O–H groups in total. The molecule has 0 spiro atoms. The van der Waals surface area contributed by atoms with Gasteiger partial charge in [-0.25, -0.2) is 4.39 Å². The van der Waals surface area contributed by atoms with Gasteiger partial charge in [-0.1, -0.05) is 0 Å². The van der Waals surface area contributed by atoms with Crippen molar-refractivity contribution in [3.63, 3.8) is 0 Å². The molecule has 102 valence electrons. The summed E-state index contributed by atoms with van der Waals surface area (Å²) in [5.74, 6) is -0.878. The molecule has 2 aliphatic rings. The normalized spacial score (nSPS) is 24.5. The first-order valence-electron chi connectivity index (χ1n) is 6.50. The topological polar surface area (TPSA) is 52.6 Å². The van der Waals surface area contributed by atoms with Crippen LogP contribution in [0.4, 0.5) is 15.8 Å². The highest BCUT2D eigenvalue weighted by atomic mass is 19.1. The number of amides is 1. The summed E-state index contributed by atoms with van der Waals surface area (Å²) in [5.41, 5.74) is 1.24. The lowest BCUT2D eigenvalue weighted by Crippen LogP contribution is -2.38. The number of hydrogen-bond donors (Lipinski definition) is 2. The fourth-order valence-corrected chi connectivity index (χ4v) is 3.01. The Bertz CT molecular complexity index is 557. The fourth-order valence-electron chi connectivity index (χ4n) is 3.01. The molecule has 2 aliphatic heterocycles. The minimum Gasteiger partial charge on any atom is -0.378 e. The van der Waals surface area contributed by atoms with E-state index in [0.29, 0.717) is 16.9 Å². The van der Waals surface area contributed by atoms with Crippen molar-refractivity contribution in [1.29, 1.82) is 0 Å². The average Bonchev–Trinajstić information content (AvgIpc) is 2.81. The van der Waals surface area contributed by atoms with Gasteiger partial charge >= 0.3 is 0 Å². The number of rotatable bonds is 1. The van der Waals surface area contributed by atoms with Gasteiger partial charge in [0, 0.05) is 23.3 Å². The number of carbonyl (C=O) groups is 1. The predicted molar refractivity (Wildman–Crippen MR) is 70.6 cm³/mol. The van der Waals surface area contributed by atoms with E-state index in [4.69, 9.17) is 0 Å². The molecule has 1 aromatic rings. The van der Waals surface area contributed by atoms with Crippen LogP contribution in [0.25, 0.3) is 0 Å². The van der Waals surface area contributed by atoms with Crippen LogP contribution >= 0.6 is 0 Å². The lowest BCUT2D eigenvalue weighted by Gasteiger charge is -2.34. The third-order valence-electron chi connectivity index (χ3n) is 4.11. The summed E-state index contributed by atoms with van der Waals surface area (Å²) in [6, 6.07) is 2.90. The number of aliphatic hydroxyl groups is 1. The van der Waals surface area contributed by atoms with Crippen molar-refractivity contribution < 1.29 is 14.3 Å². The Morgan fingerprint density at radius 1 is 1.47 bits per heavy atom. The molecule has 5 heteroatoms. The molecule has 1 fully saturated rings. The van der Waals surface area contributed by atoms with Crippen molar-refractivity contribution >= 4 is 17.3 Å². The van der Waals surface area contributed by atoms with Crippen LogP contribution in [0.3, 0.4) is 0 Å². The first kappa shape index (κ1) is 12.4. The number of fused-ring (bicyclic) bond motifs is 1. The Hall–Kier alpha value is -1.62. The smallest absolute Gasteiger partial charge is 0.257 e. The van der Waals surface area contributed by atoms with Crippen LogP contribution in [-0.4, -0.2) is 23.1 Å². The quantitative estimate of drug-likeness (QED) is 0.817. The highest BCUT2D eigenvalue weighted by Gasteiger charge is 2.36. The zero-order valence-electron chi connectivity index (χ0n) is 11.0. The second-order valence-corrected chi connectivity index (χ2v) is 5.85. The number of anilines is 2. The highest BCUT2D eigenvalue weighted by molar-refractivity contribution is 6.02.